The smallest absolute Gasteiger partial charge is 0.335 e. The van der Waals surface area contributed by atoms with Crippen LogP contribution in [-0.2, 0) is 9.59 Å². The van der Waals surface area contributed by atoms with Crippen LogP contribution in [0.4, 0.5) is 11.4 Å². The van der Waals surface area contributed by atoms with Crippen LogP contribution in [0, 0.1) is 23.7 Å². The van der Waals surface area contributed by atoms with Crippen LogP contribution in [0.1, 0.15) is 27.1 Å². The Morgan fingerprint density at radius 3 is 2.20 bits per heavy atom. The summed E-state index contributed by atoms with van der Waals surface area (Å²) in [5.41, 5.74) is 1.05. The summed E-state index contributed by atoms with van der Waals surface area (Å²) in [6, 6.07) is 12.3. The lowest BCUT2D eigenvalue weighted by atomic mass is 9.85. The molecule has 5 rings (SSSR count). The molecule has 1 saturated heterocycles. The van der Waals surface area contributed by atoms with Crippen molar-refractivity contribution >= 4 is 35.1 Å². The lowest BCUT2D eigenvalue weighted by molar-refractivity contribution is -0.123. The van der Waals surface area contributed by atoms with Gasteiger partial charge in [-0.25, -0.2) is 9.69 Å². The second-order valence-corrected chi connectivity index (χ2v) is 7.90. The van der Waals surface area contributed by atoms with Gasteiger partial charge in [-0.1, -0.05) is 24.3 Å². The molecule has 7 nitrogen and oxygen atoms in total. The summed E-state index contributed by atoms with van der Waals surface area (Å²) >= 11 is 0. The molecule has 2 aliphatic carbocycles. The van der Waals surface area contributed by atoms with E-state index in [2.05, 4.69) is 5.32 Å². The zero-order valence-corrected chi connectivity index (χ0v) is 15.8. The van der Waals surface area contributed by atoms with E-state index in [0.717, 1.165) is 6.42 Å². The molecule has 2 N–H and O–H groups in total. The normalized spacial score (nSPS) is 26.2. The fourth-order valence-electron chi connectivity index (χ4n) is 4.88. The maximum atomic E-state index is 13.0. The molecule has 1 saturated carbocycles. The number of imide groups is 1. The first-order chi connectivity index (χ1) is 14.4. The Kier molecular flexibility index (Phi) is 4.06. The predicted octanol–water partition coefficient (Wildman–Crippen LogP) is 2.95. The van der Waals surface area contributed by atoms with Crippen molar-refractivity contribution in [1.82, 2.24) is 0 Å². The standard InChI is InChI=1S/C23H18N2O5/c26-20(24-16-5-1-4-15(10-16)23(29)30)14-3-2-6-17(11-14)25-21(27)18-12-7-8-13(9-12)19(18)22(25)28/h1-8,10-13,18-19H,9H2,(H,24,26)(H,29,30). The number of benzene rings is 2. The number of aromatic carboxylic acids is 1. The number of nitrogens with zero attached hydrogens (tertiary/aromatic N) is 1. The summed E-state index contributed by atoms with van der Waals surface area (Å²) in [6.45, 7) is 0. The van der Waals surface area contributed by atoms with Crippen LogP contribution >= 0.6 is 0 Å². The molecule has 1 heterocycles. The number of hydrogen-bond donors (Lipinski definition) is 2. The zero-order chi connectivity index (χ0) is 21.0. The molecule has 7 heteroatoms. The quantitative estimate of drug-likeness (QED) is 0.605. The van der Waals surface area contributed by atoms with Crippen molar-refractivity contribution in [1.29, 1.82) is 0 Å². The number of nitrogens with one attached hydrogen (secondary N) is 1. The Morgan fingerprint density at radius 1 is 0.900 bits per heavy atom. The van der Waals surface area contributed by atoms with Crippen molar-refractivity contribution in [2.24, 2.45) is 23.7 Å². The lowest BCUT2D eigenvalue weighted by Gasteiger charge is -2.18. The van der Waals surface area contributed by atoms with Gasteiger partial charge in [0.2, 0.25) is 11.8 Å². The third kappa shape index (κ3) is 2.74. The van der Waals surface area contributed by atoms with Gasteiger partial charge in [-0.2, -0.15) is 0 Å². The van der Waals surface area contributed by atoms with E-state index >= 15 is 0 Å². The van der Waals surface area contributed by atoms with Crippen LogP contribution < -0.4 is 10.2 Å². The highest BCUT2D eigenvalue weighted by Gasteiger charge is 2.59. The van der Waals surface area contributed by atoms with Crippen LogP contribution in [0.3, 0.4) is 0 Å². The van der Waals surface area contributed by atoms with Crippen molar-refractivity contribution in [3.8, 4) is 0 Å². The molecular formula is C23H18N2O5. The van der Waals surface area contributed by atoms with E-state index < -0.39 is 11.9 Å². The highest BCUT2D eigenvalue weighted by molar-refractivity contribution is 6.23. The van der Waals surface area contributed by atoms with Gasteiger partial charge in [0.1, 0.15) is 0 Å². The molecule has 4 atom stereocenters. The summed E-state index contributed by atoms with van der Waals surface area (Å²) < 4.78 is 0. The Balaban J connectivity index is 1.39. The number of amides is 3. The number of carbonyl (C=O) groups is 4. The number of carboxylic acids is 1. The molecule has 4 unspecified atom stereocenters. The van der Waals surface area contributed by atoms with Gasteiger partial charge < -0.3 is 10.4 Å². The van der Waals surface area contributed by atoms with Crippen molar-refractivity contribution in [3.05, 3.63) is 71.8 Å². The molecule has 0 radical (unpaired) electrons. The predicted molar refractivity (Wildman–Crippen MR) is 108 cm³/mol. The SMILES string of the molecule is O=C(O)c1cccc(NC(=O)c2cccc(N3C(=O)C4C5C=CC(C5)C4C3=O)c2)c1. The third-order valence-corrected chi connectivity index (χ3v) is 6.20. The largest absolute Gasteiger partial charge is 0.478 e. The monoisotopic (exact) mass is 402 g/mol. The fraction of sp³-hybridized carbons (Fsp3) is 0.217. The summed E-state index contributed by atoms with van der Waals surface area (Å²) in [7, 11) is 0. The first-order valence-electron chi connectivity index (χ1n) is 9.75. The molecule has 2 bridgehead atoms. The Labute approximate surface area is 172 Å². The summed E-state index contributed by atoms with van der Waals surface area (Å²) in [5, 5.41) is 11.7. The van der Waals surface area contributed by atoms with Gasteiger partial charge in [0, 0.05) is 11.3 Å². The molecule has 0 spiro atoms. The highest BCUT2D eigenvalue weighted by atomic mass is 16.4. The first kappa shape index (κ1) is 18.3. The highest BCUT2D eigenvalue weighted by Crippen LogP contribution is 2.53. The first-order valence-corrected chi connectivity index (χ1v) is 9.75. The number of fused-ring (bicyclic) bond motifs is 5. The van der Waals surface area contributed by atoms with Crippen LogP contribution in [0.15, 0.2) is 60.7 Å². The summed E-state index contributed by atoms with van der Waals surface area (Å²) in [5.74, 6) is -2.31. The second-order valence-electron chi connectivity index (χ2n) is 7.90. The third-order valence-electron chi connectivity index (χ3n) is 6.20. The van der Waals surface area contributed by atoms with Crippen molar-refractivity contribution in [2.45, 2.75) is 6.42 Å². The maximum Gasteiger partial charge on any atom is 0.335 e. The molecule has 2 fully saturated rings. The topological polar surface area (TPSA) is 104 Å². The number of allylic oxidation sites excluding steroid dienone is 2. The van der Waals surface area contributed by atoms with E-state index in [9.17, 15) is 19.2 Å². The van der Waals surface area contributed by atoms with Crippen LogP contribution in [-0.4, -0.2) is 28.8 Å². The van der Waals surface area contributed by atoms with Gasteiger partial charge in [0.15, 0.2) is 0 Å². The van der Waals surface area contributed by atoms with E-state index in [-0.39, 0.29) is 46.6 Å². The zero-order valence-electron chi connectivity index (χ0n) is 15.8. The van der Waals surface area contributed by atoms with E-state index in [1.165, 1.54) is 29.2 Å². The Bertz CT molecular complexity index is 1110. The average Bonchev–Trinajstić information content (AvgIpc) is 3.42. The van der Waals surface area contributed by atoms with Crippen LogP contribution in [0.5, 0.6) is 0 Å². The molecule has 3 aliphatic rings. The second kappa shape index (κ2) is 6.66. The van der Waals surface area contributed by atoms with Gasteiger partial charge in [-0.15, -0.1) is 0 Å². The molecule has 3 amide bonds. The van der Waals surface area contributed by atoms with E-state index in [1.807, 2.05) is 12.2 Å². The summed E-state index contributed by atoms with van der Waals surface area (Å²) in [6.07, 6.45) is 4.93. The minimum absolute atomic E-state index is 0.0598. The Hall–Kier alpha value is -3.74. The van der Waals surface area contributed by atoms with Crippen molar-refractivity contribution in [2.75, 3.05) is 10.2 Å². The maximum absolute atomic E-state index is 13.0. The number of hydrogen-bond acceptors (Lipinski definition) is 4. The number of rotatable bonds is 4. The van der Waals surface area contributed by atoms with Crippen LogP contribution in [0.25, 0.3) is 0 Å². The molecule has 2 aromatic carbocycles. The fourth-order valence-corrected chi connectivity index (χ4v) is 4.88. The van der Waals surface area contributed by atoms with Gasteiger partial charge in [0.25, 0.3) is 5.91 Å². The van der Waals surface area contributed by atoms with Crippen LogP contribution in [0.2, 0.25) is 0 Å². The van der Waals surface area contributed by atoms with Gasteiger partial charge >= 0.3 is 5.97 Å². The summed E-state index contributed by atoms with van der Waals surface area (Å²) in [4.78, 5) is 51.0. The van der Waals surface area contributed by atoms with Gasteiger partial charge in [0.05, 0.1) is 23.1 Å². The lowest BCUT2D eigenvalue weighted by Crippen LogP contribution is -2.33. The van der Waals surface area contributed by atoms with E-state index in [1.54, 1.807) is 24.3 Å². The Morgan fingerprint density at radius 2 is 1.53 bits per heavy atom. The molecule has 1 aliphatic heterocycles. The molecule has 30 heavy (non-hydrogen) atoms. The van der Waals surface area contributed by atoms with Crippen molar-refractivity contribution < 1.29 is 24.3 Å². The van der Waals surface area contributed by atoms with E-state index in [4.69, 9.17) is 5.11 Å². The van der Waals surface area contributed by atoms with E-state index in [0.29, 0.717) is 11.4 Å². The van der Waals surface area contributed by atoms with Crippen molar-refractivity contribution in [3.63, 3.8) is 0 Å². The molecule has 0 aromatic heterocycles. The molecule has 150 valence electrons. The number of carboxylic acid groups (broad SMARTS) is 1. The minimum atomic E-state index is -1.09. The van der Waals surface area contributed by atoms with Gasteiger partial charge in [-0.3, -0.25) is 14.4 Å². The molecule has 2 aromatic rings. The average molecular weight is 402 g/mol. The number of carbonyl (C=O) groups excluding carboxylic acids is 3. The minimum Gasteiger partial charge on any atom is -0.478 e. The van der Waals surface area contributed by atoms with Gasteiger partial charge in [-0.05, 0) is 54.7 Å². The number of anilines is 2. The molecular weight excluding hydrogens is 384 g/mol.